The highest BCUT2D eigenvalue weighted by Crippen LogP contribution is 2.12. The summed E-state index contributed by atoms with van der Waals surface area (Å²) in [5.74, 6) is -0.897. The Balaban J connectivity index is 1.44. The van der Waals surface area contributed by atoms with E-state index < -0.39 is 10.8 Å². The van der Waals surface area contributed by atoms with Crippen molar-refractivity contribution in [2.24, 2.45) is 0 Å². The molecule has 2 N–H and O–H groups in total. The lowest BCUT2D eigenvalue weighted by Gasteiger charge is -2.06. The summed E-state index contributed by atoms with van der Waals surface area (Å²) in [4.78, 5) is 38.4. The van der Waals surface area contributed by atoms with Crippen LogP contribution in [0.2, 0.25) is 0 Å². The van der Waals surface area contributed by atoms with E-state index in [2.05, 4.69) is 15.6 Å². The third kappa shape index (κ3) is 4.66. The molecule has 1 aromatic carbocycles. The second-order valence-electron chi connectivity index (χ2n) is 5.79. The van der Waals surface area contributed by atoms with Gasteiger partial charge in [-0.1, -0.05) is 12.1 Å². The average Bonchev–Trinajstić information content (AvgIpc) is 3.09. The maximum Gasteiger partial charge on any atom is 0.270 e. The Hall–Kier alpha value is -3.75. The van der Waals surface area contributed by atoms with Crippen LogP contribution in [0.4, 0.5) is 5.69 Å². The number of rotatable bonds is 7. The molecule has 0 aliphatic carbocycles. The molecule has 0 bridgehead atoms. The van der Waals surface area contributed by atoms with E-state index in [0.29, 0.717) is 13.0 Å². The van der Waals surface area contributed by atoms with Crippen molar-refractivity contribution < 1.29 is 14.5 Å². The van der Waals surface area contributed by atoms with Gasteiger partial charge >= 0.3 is 0 Å². The van der Waals surface area contributed by atoms with E-state index in [1.807, 2.05) is 35.0 Å². The lowest BCUT2D eigenvalue weighted by atomic mass is 10.2. The first-order valence-corrected chi connectivity index (χ1v) is 8.25. The van der Waals surface area contributed by atoms with Gasteiger partial charge in [-0.15, -0.1) is 0 Å². The van der Waals surface area contributed by atoms with Crippen LogP contribution in [0.3, 0.4) is 0 Å². The Labute approximate surface area is 154 Å². The van der Waals surface area contributed by atoms with Gasteiger partial charge in [0.1, 0.15) is 5.65 Å². The normalized spacial score (nSPS) is 10.5. The topological polar surface area (TPSA) is 119 Å². The van der Waals surface area contributed by atoms with Crippen LogP contribution >= 0.6 is 0 Å². The van der Waals surface area contributed by atoms with Crippen LogP contribution in [0.5, 0.6) is 0 Å². The molecule has 0 saturated carbocycles. The van der Waals surface area contributed by atoms with Gasteiger partial charge in [0.25, 0.3) is 11.6 Å². The van der Waals surface area contributed by atoms with Gasteiger partial charge in [0.05, 0.1) is 17.2 Å². The molecule has 2 aromatic heterocycles. The molecule has 0 atom stereocenters. The molecule has 0 spiro atoms. The van der Waals surface area contributed by atoms with Crippen LogP contribution in [0.15, 0.2) is 54.9 Å². The monoisotopic (exact) mass is 367 g/mol. The Morgan fingerprint density at radius 1 is 1.15 bits per heavy atom. The van der Waals surface area contributed by atoms with Gasteiger partial charge in [-0.05, 0) is 18.2 Å². The number of pyridine rings is 1. The maximum atomic E-state index is 12.0. The number of nitrogens with one attached hydrogen (secondary N) is 2. The number of non-ortho nitro benzene ring substituents is 1. The summed E-state index contributed by atoms with van der Waals surface area (Å²) in [6, 6.07) is 11.0. The smallest absolute Gasteiger partial charge is 0.270 e. The molecule has 0 aliphatic heterocycles. The van der Waals surface area contributed by atoms with Gasteiger partial charge in [0, 0.05) is 43.1 Å². The molecule has 2 amide bonds. The lowest BCUT2D eigenvalue weighted by molar-refractivity contribution is -0.384. The van der Waals surface area contributed by atoms with E-state index in [-0.39, 0.29) is 23.7 Å². The molecule has 0 saturated heterocycles. The van der Waals surface area contributed by atoms with Gasteiger partial charge in [0.2, 0.25) is 5.91 Å². The van der Waals surface area contributed by atoms with Crippen LogP contribution in [0.1, 0.15) is 16.1 Å². The number of nitro benzene ring substituents is 1. The van der Waals surface area contributed by atoms with E-state index >= 15 is 0 Å². The number of hydrogen-bond donors (Lipinski definition) is 2. The number of benzene rings is 1. The second kappa shape index (κ2) is 8.09. The van der Waals surface area contributed by atoms with Gasteiger partial charge in [-0.2, -0.15) is 0 Å². The number of aromatic nitrogens is 2. The first-order chi connectivity index (χ1) is 13.0. The summed E-state index contributed by atoms with van der Waals surface area (Å²) in [7, 11) is 0. The minimum absolute atomic E-state index is 0.127. The van der Waals surface area contributed by atoms with Crippen molar-refractivity contribution in [3.63, 3.8) is 0 Å². The average molecular weight is 367 g/mol. The summed E-state index contributed by atoms with van der Waals surface area (Å²) >= 11 is 0. The molecule has 2 heterocycles. The summed E-state index contributed by atoms with van der Waals surface area (Å²) < 4.78 is 1.90. The van der Waals surface area contributed by atoms with Crippen LogP contribution < -0.4 is 10.6 Å². The van der Waals surface area contributed by atoms with Gasteiger partial charge in [0.15, 0.2) is 0 Å². The fraction of sp³-hybridized carbons (Fsp3) is 0.167. The van der Waals surface area contributed by atoms with Crippen molar-refractivity contribution in [2.75, 3.05) is 13.1 Å². The Morgan fingerprint density at radius 2 is 2.00 bits per heavy atom. The van der Waals surface area contributed by atoms with E-state index in [0.717, 1.165) is 17.4 Å². The molecular formula is C18H17N5O4. The summed E-state index contributed by atoms with van der Waals surface area (Å²) in [5, 5.41) is 15.9. The molecule has 0 aliphatic rings. The zero-order chi connectivity index (χ0) is 19.2. The Morgan fingerprint density at radius 3 is 2.78 bits per heavy atom. The van der Waals surface area contributed by atoms with E-state index in [1.165, 1.54) is 18.2 Å². The van der Waals surface area contributed by atoms with Crippen LogP contribution in [-0.2, 0) is 11.2 Å². The molecule has 0 unspecified atom stereocenters. The highest BCUT2D eigenvalue weighted by atomic mass is 16.6. The molecule has 3 rings (SSSR count). The minimum atomic E-state index is -0.581. The number of hydrogen-bond acceptors (Lipinski definition) is 5. The molecule has 9 nitrogen and oxygen atoms in total. The van der Waals surface area contributed by atoms with Gasteiger partial charge < -0.3 is 15.0 Å². The van der Waals surface area contributed by atoms with Crippen molar-refractivity contribution in [3.8, 4) is 0 Å². The van der Waals surface area contributed by atoms with Gasteiger partial charge in [-0.3, -0.25) is 19.7 Å². The van der Waals surface area contributed by atoms with Crippen molar-refractivity contribution in [1.29, 1.82) is 0 Å². The van der Waals surface area contributed by atoms with Crippen molar-refractivity contribution in [2.45, 2.75) is 6.42 Å². The quantitative estimate of drug-likeness (QED) is 0.482. The number of fused-ring (bicyclic) bond motifs is 1. The first-order valence-electron chi connectivity index (χ1n) is 8.25. The van der Waals surface area contributed by atoms with E-state index in [9.17, 15) is 19.7 Å². The number of nitro groups is 1. The minimum Gasteiger partial charge on any atom is -0.354 e. The predicted molar refractivity (Wildman–Crippen MR) is 97.3 cm³/mol. The lowest BCUT2D eigenvalue weighted by Crippen LogP contribution is -2.37. The highest BCUT2D eigenvalue weighted by molar-refractivity contribution is 5.96. The van der Waals surface area contributed by atoms with E-state index in [1.54, 1.807) is 0 Å². The summed E-state index contributed by atoms with van der Waals surface area (Å²) in [6.45, 7) is 0.169. The van der Waals surface area contributed by atoms with Crippen molar-refractivity contribution in [3.05, 3.63) is 76.2 Å². The molecule has 9 heteroatoms. The fourth-order valence-electron chi connectivity index (χ4n) is 2.52. The Kier molecular flexibility index (Phi) is 5.41. The summed E-state index contributed by atoms with van der Waals surface area (Å²) in [6.07, 6.45) is 4.35. The SMILES string of the molecule is O=C(CNC(=O)c1cccc([N+](=O)[O-])c1)NCCc1cn2ccccc2n1. The standard InChI is InChI=1S/C18H17N5O4/c24-17(11-20-18(25)13-4-3-5-15(10-13)23(26)27)19-8-7-14-12-22-9-2-1-6-16(22)21-14/h1-6,9-10,12H,7-8,11H2,(H,19,24)(H,20,25). The highest BCUT2D eigenvalue weighted by Gasteiger charge is 2.12. The largest absolute Gasteiger partial charge is 0.354 e. The molecule has 138 valence electrons. The first kappa shape index (κ1) is 18.1. The molecular weight excluding hydrogens is 350 g/mol. The number of amides is 2. The van der Waals surface area contributed by atoms with E-state index in [4.69, 9.17) is 0 Å². The molecule has 0 radical (unpaired) electrons. The van der Waals surface area contributed by atoms with Crippen LogP contribution in [-0.4, -0.2) is 39.2 Å². The van der Waals surface area contributed by atoms with Crippen LogP contribution in [0.25, 0.3) is 5.65 Å². The zero-order valence-corrected chi connectivity index (χ0v) is 14.3. The number of nitrogens with zero attached hydrogens (tertiary/aromatic N) is 3. The Bertz CT molecular complexity index is 965. The molecule has 0 fully saturated rings. The third-order valence-corrected chi connectivity index (χ3v) is 3.85. The fourth-order valence-corrected chi connectivity index (χ4v) is 2.52. The van der Waals surface area contributed by atoms with Crippen molar-refractivity contribution >= 4 is 23.1 Å². The molecule has 3 aromatic rings. The van der Waals surface area contributed by atoms with Gasteiger partial charge in [-0.25, -0.2) is 4.98 Å². The summed E-state index contributed by atoms with van der Waals surface area (Å²) in [5.41, 5.74) is 1.63. The number of imidazole rings is 1. The van der Waals surface area contributed by atoms with Crippen LogP contribution in [0, 0.1) is 10.1 Å². The number of carbonyl (C=O) groups excluding carboxylic acids is 2. The predicted octanol–water partition coefficient (Wildman–Crippen LogP) is 1.33. The number of carbonyl (C=O) groups is 2. The maximum absolute atomic E-state index is 12.0. The third-order valence-electron chi connectivity index (χ3n) is 3.85. The zero-order valence-electron chi connectivity index (χ0n) is 14.3. The second-order valence-corrected chi connectivity index (χ2v) is 5.79. The molecule has 27 heavy (non-hydrogen) atoms. The van der Waals surface area contributed by atoms with Crippen molar-refractivity contribution in [1.82, 2.24) is 20.0 Å².